The van der Waals surface area contributed by atoms with Crippen molar-refractivity contribution in [2.75, 3.05) is 0 Å². The van der Waals surface area contributed by atoms with Crippen LogP contribution < -0.4 is 0 Å². The number of hydrogen-bond acceptors (Lipinski definition) is 2. The SMILES string of the molecule is N#Cc1ccccc1-c1ccncc1Br. The van der Waals surface area contributed by atoms with Crippen LogP contribution in [-0.4, -0.2) is 4.98 Å². The monoisotopic (exact) mass is 258 g/mol. The van der Waals surface area contributed by atoms with Crippen molar-refractivity contribution in [2.24, 2.45) is 0 Å². The molecular formula is C12H7BrN2. The number of aromatic nitrogens is 1. The highest BCUT2D eigenvalue weighted by Gasteiger charge is 2.06. The fourth-order valence-electron chi connectivity index (χ4n) is 1.41. The topological polar surface area (TPSA) is 36.7 Å². The van der Waals surface area contributed by atoms with Crippen molar-refractivity contribution in [1.82, 2.24) is 4.98 Å². The van der Waals surface area contributed by atoms with Gasteiger partial charge in [0, 0.05) is 28.0 Å². The Morgan fingerprint density at radius 3 is 2.67 bits per heavy atom. The number of benzene rings is 1. The van der Waals surface area contributed by atoms with Crippen LogP contribution >= 0.6 is 15.9 Å². The normalized spacial score (nSPS) is 9.60. The van der Waals surface area contributed by atoms with E-state index in [0.29, 0.717) is 5.56 Å². The summed E-state index contributed by atoms with van der Waals surface area (Å²) >= 11 is 3.42. The zero-order chi connectivity index (χ0) is 10.7. The molecule has 0 atom stereocenters. The molecule has 0 unspecified atom stereocenters. The first-order valence-corrected chi connectivity index (χ1v) is 5.21. The molecule has 1 aromatic heterocycles. The van der Waals surface area contributed by atoms with Crippen LogP contribution in [0, 0.1) is 11.3 Å². The van der Waals surface area contributed by atoms with Gasteiger partial charge in [0.2, 0.25) is 0 Å². The van der Waals surface area contributed by atoms with Crippen molar-refractivity contribution in [3.05, 3.63) is 52.8 Å². The van der Waals surface area contributed by atoms with Crippen LogP contribution in [0.1, 0.15) is 5.56 Å². The van der Waals surface area contributed by atoms with Crippen molar-refractivity contribution < 1.29 is 0 Å². The minimum atomic E-state index is 0.671. The van der Waals surface area contributed by atoms with E-state index in [9.17, 15) is 0 Å². The third-order valence-corrected chi connectivity index (χ3v) is 2.74. The fourth-order valence-corrected chi connectivity index (χ4v) is 1.87. The van der Waals surface area contributed by atoms with Gasteiger partial charge in [-0.2, -0.15) is 5.26 Å². The summed E-state index contributed by atoms with van der Waals surface area (Å²) in [6.45, 7) is 0. The van der Waals surface area contributed by atoms with Crippen LogP contribution in [0.25, 0.3) is 11.1 Å². The maximum Gasteiger partial charge on any atom is 0.0998 e. The van der Waals surface area contributed by atoms with Gasteiger partial charge in [-0.3, -0.25) is 4.98 Å². The average Bonchev–Trinajstić information content (AvgIpc) is 2.30. The predicted octanol–water partition coefficient (Wildman–Crippen LogP) is 3.38. The van der Waals surface area contributed by atoms with Crippen LogP contribution in [0.15, 0.2) is 47.2 Å². The van der Waals surface area contributed by atoms with Gasteiger partial charge in [-0.25, -0.2) is 0 Å². The lowest BCUT2D eigenvalue weighted by Crippen LogP contribution is -1.85. The molecule has 1 heterocycles. The lowest BCUT2D eigenvalue weighted by atomic mass is 10.0. The summed E-state index contributed by atoms with van der Waals surface area (Å²) in [5.74, 6) is 0. The molecule has 2 nitrogen and oxygen atoms in total. The quantitative estimate of drug-likeness (QED) is 0.787. The van der Waals surface area contributed by atoms with Gasteiger partial charge in [0.05, 0.1) is 11.6 Å². The van der Waals surface area contributed by atoms with Crippen molar-refractivity contribution in [1.29, 1.82) is 5.26 Å². The van der Waals surface area contributed by atoms with Gasteiger partial charge in [-0.15, -0.1) is 0 Å². The van der Waals surface area contributed by atoms with Gasteiger partial charge in [-0.05, 0) is 28.1 Å². The first kappa shape index (κ1) is 9.88. The number of pyridine rings is 1. The van der Waals surface area contributed by atoms with Crippen LogP contribution in [0.3, 0.4) is 0 Å². The average molecular weight is 259 g/mol. The van der Waals surface area contributed by atoms with E-state index < -0.39 is 0 Å². The molecular weight excluding hydrogens is 252 g/mol. The molecule has 0 fully saturated rings. The minimum Gasteiger partial charge on any atom is -0.264 e. The van der Waals surface area contributed by atoms with Crippen molar-refractivity contribution >= 4 is 15.9 Å². The Hall–Kier alpha value is -1.66. The highest BCUT2D eigenvalue weighted by atomic mass is 79.9. The molecule has 3 heteroatoms. The molecule has 72 valence electrons. The summed E-state index contributed by atoms with van der Waals surface area (Å²) in [5.41, 5.74) is 2.58. The molecule has 2 rings (SSSR count). The van der Waals surface area contributed by atoms with Crippen LogP contribution in [0.5, 0.6) is 0 Å². The summed E-state index contributed by atoms with van der Waals surface area (Å²) in [4.78, 5) is 4.00. The van der Waals surface area contributed by atoms with Gasteiger partial charge >= 0.3 is 0 Å². The van der Waals surface area contributed by atoms with Crippen LogP contribution in [0.4, 0.5) is 0 Å². The number of halogens is 1. The van der Waals surface area contributed by atoms with E-state index in [2.05, 4.69) is 27.0 Å². The Morgan fingerprint density at radius 2 is 1.93 bits per heavy atom. The van der Waals surface area contributed by atoms with Gasteiger partial charge in [0.25, 0.3) is 0 Å². The Kier molecular flexibility index (Phi) is 2.79. The molecule has 0 aliphatic rings. The first-order valence-electron chi connectivity index (χ1n) is 4.42. The zero-order valence-corrected chi connectivity index (χ0v) is 9.40. The van der Waals surface area contributed by atoms with Crippen molar-refractivity contribution in [2.45, 2.75) is 0 Å². The maximum absolute atomic E-state index is 8.99. The van der Waals surface area contributed by atoms with E-state index in [1.807, 2.05) is 30.3 Å². The molecule has 0 aliphatic carbocycles. The third kappa shape index (κ3) is 1.90. The Morgan fingerprint density at radius 1 is 1.13 bits per heavy atom. The first-order chi connectivity index (χ1) is 7.33. The van der Waals surface area contributed by atoms with E-state index in [0.717, 1.165) is 15.6 Å². The number of nitrogens with zero attached hydrogens (tertiary/aromatic N) is 2. The van der Waals surface area contributed by atoms with Crippen LogP contribution in [-0.2, 0) is 0 Å². The molecule has 0 aliphatic heterocycles. The van der Waals surface area contributed by atoms with E-state index in [1.54, 1.807) is 12.4 Å². The second kappa shape index (κ2) is 4.24. The van der Waals surface area contributed by atoms with E-state index in [-0.39, 0.29) is 0 Å². The predicted molar refractivity (Wildman–Crippen MR) is 62.1 cm³/mol. The van der Waals surface area contributed by atoms with Gasteiger partial charge in [0.1, 0.15) is 0 Å². The molecule has 0 radical (unpaired) electrons. The van der Waals surface area contributed by atoms with Crippen molar-refractivity contribution in [3.63, 3.8) is 0 Å². The molecule has 0 saturated heterocycles. The van der Waals surface area contributed by atoms with Gasteiger partial charge < -0.3 is 0 Å². The van der Waals surface area contributed by atoms with Crippen LogP contribution in [0.2, 0.25) is 0 Å². The highest BCUT2D eigenvalue weighted by Crippen LogP contribution is 2.29. The Balaban J connectivity index is 2.65. The van der Waals surface area contributed by atoms with E-state index in [1.165, 1.54) is 0 Å². The number of rotatable bonds is 1. The maximum atomic E-state index is 8.99. The van der Waals surface area contributed by atoms with E-state index >= 15 is 0 Å². The lowest BCUT2D eigenvalue weighted by Gasteiger charge is -2.05. The smallest absolute Gasteiger partial charge is 0.0998 e. The summed E-state index contributed by atoms with van der Waals surface area (Å²) in [6, 6.07) is 11.6. The largest absolute Gasteiger partial charge is 0.264 e. The molecule has 2 aromatic rings. The van der Waals surface area contributed by atoms with Gasteiger partial charge in [0.15, 0.2) is 0 Å². The Bertz CT molecular complexity index is 529. The minimum absolute atomic E-state index is 0.671. The number of hydrogen-bond donors (Lipinski definition) is 0. The standard InChI is InChI=1S/C12H7BrN2/c13-12-8-15-6-5-11(12)10-4-2-1-3-9(10)7-14/h1-6,8H. The molecule has 0 N–H and O–H groups in total. The molecule has 0 saturated carbocycles. The second-order valence-electron chi connectivity index (χ2n) is 3.01. The Labute approximate surface area is 96.3 Å². The fraction of sp³-hybridized carbons (Fsp3) is 0. The molecule has 0 bridgehead atoms. The molecule has 15 heavy (non-hydrogen) atoms. The highest BCUT2D eigenvalue weighted by molar-refractivity contribution is 9.10. The molecule has 1 aromatic carbocycles. The van der Waals surface area contributed by atoms with E-state index in [4.69, 9.17) is 5.26 Å². The third-order valence-electron chi connectivity index (χ3n) is 2.11. The lowest BCUT2D eigenvalue weighted by molar-refractivity contribution is 1.31. The second-order valence-corrected chi connectivity index (χ2v) is 3.87. The summed E-state index contributed by atoms with van der Waals surface area (Å²) < 4.78 is 0.896. The summed E-state index contributed by atoms with van der Waals surface area (Å²) in [7, 11) is 0. The number of nitriles is 1. The summed E-state index contributed by atoms with van der Waals surface area (Å²) in [6.07, 6.45) is 3.44. The molecule has 0 amide bonds. The zero-order valence-electron chi connectivity index (χ0n) is 7.81. The summed E-state index contributed by atoms with van der Waals surface area (Å²) in [5, 5.41) is 8.99. The van der Waals surface area contributed by atoms with Gasteiger partial charge in [-0.1, -0.05) is 18.2 Å². The van der Waals surface area contributed by atoms with Crippen molar-refractivity contribution in [3.8, 4) is 17.2 Å². The molecule has 0 spiro atoms.